The molecule has 0 bridgehead atoms. The number of para-hydroxylation sites is 1. The van der Waals surface area contributed by atoms with Crippen LogP contribution in [0.4, 0.5) is 0 Å². The molecule has 138 valence electrons. The molecule has 1 aliphatic heterocycles. The van der Waals surface area contributed by atoms with Crippen LogP contribution >= 0.6 is 0 Å². The quantitative estimate of drug-likeness (QED) is 0.782. The molecule has 1 unspecified atom stereocenters. The number of nitrogens with zero attached hydrogens (tertiary/aromatic N) is 1. The van der Waals surface area contributed by atoms with Crippen LogP contribution < -0.4 is 15.8 Å². The Morgan fingerprint density at radius 2 is 2.00 bits per heavy atom. The molecule has 2 rings (SSSR count). The summed E-state index contributed by atoms with van der Waals surface area (Å²) in [5.41, 5.74) is 6.58. The minimum absolute atomic E-state index is 0.0418. The topological polar surface area (TPSA) is 84.7 Å². The Balaban J connectivity index is 1.77. The number of nitrogens with two attached hydrogens (primary N) is 1. The Morgan fingerprint density at radius 1 is 1.32 bits per heavy atom. The summed E-state index contributed by atoms with van der Waals surface area (Å²) >= 11 is 0. The van der Waals surface area contributed by atoms with Gasteiger partial charge >= 0.3 is 0 Å². The molecule has 0 spiro atoms. The molecular formula is C19H29N3O3. The number of amides is 2. The number of nitrogens with one attached hydrogen (secondary N) is 1. The first-order valence-electron chi connectivity index (χ1n) is 8.94. The molecule has 1 heterocycles. The van der Waals surface area contributed by atoms with Crippen molar-refractivity contribution >= 4 is 11.8 Å². The number of benzene rings is 1. The maximum atomic E-state index is 12.5. The molecule has 0 radical (unpaired) electrons. The number of likely N-dealkylation sites (tertiary alicyclic amines) is 1. The standard InChI is InChI=1S/C19H29N3O3/c1-14(20)7-8-18(23)21-16-9-11-22(12-10-16)19(24)13-15-5-3-4-6-17(15)25-2/h3-6,14,16H,7-13,20H2,1-2H3,(H,21,23). The van der Waals surface area contributed by atoms with Gasteiger partial charge in [-0.1, -0.05) is 18.2 Å². The van der Waals surface area contributed by atoms with Gasteiger partial charge in [-0.3, -0.25) is 9.59 Å². The predicted octanol–water partition coefficient (Wildman–Crippen LogP) is 1.47. The molecule has 1 fully saturated rings. The average molecular weight is 347 g/mol. The SMILES string of the molecule is COc1ccccc1CC(=O)N1CCC(NC(=O)CCC(C)N)CC1. The van der Waals surface area contributed by atoms with E-state index in [-0.39, 0.29) is 23.9 Å². The smallest absolute Gasteiger partial charge is 0.227 e. The molecule has 25 heavy (non-hydrogen) atoms. The van der Waals surface area contributed by atoms with Gasteiger partial charge in [0.25, 0.3) is 0 Å². The van der Waals surface area contributed by atoms with Gasteiger partial charge in [0.2, 0.25) is 11.8 Å². The maximum Gasteiger partial charge on any atom is 0.227 e. The summed E-state index contributed by atoms with van der Waals surface area (Å²) < 4.78 is 5.31. The van der Waals surface area contributed by atoms with Gasteiger partial charge in [0.05, 0.1) is 13.5 Å². The lowest BCUT2D eigenvalue weighted by Crippen LogP contribution is -2.47. The molecule has 6 heteroatoms. The van der Waals surface area contributed by atoms with E-state index in [1.807, 2.05) is 36.1 Å². The van der Waals surface area contributed by atoms with Crippen molar-refractivity contribution in [1.82, 2.24) is 10.2 Å². The molecular weight excluding hydrogens is 318 g/mol. The lowest BCUT2D eigenvalue weighted by molar-refractivity contribution is -0.131. The summed E-state index contributed by atoms with van der Waals surface area (Å²) in [6, 6.07) is 7.78. The number of hydrogen-bond donors (Lipinski definition) is 2. The van der Waals surface area contributed by atoms with Crippen LogP contribution in [0, 0.1) is 0 Å². The lowest BCUT2D eigenvalue weighted by Gasteiger charge is -2.32. The molecule has 1 saturated heterocycles. The van der Waals surface area contributed by atoms with E-state index in [0.29, 0.717) is 32.4 Å². The highest BCUT2D eigenvalue weighted by molar-refractivity contribution is 5.80. The fraction of sp³-hybridized carbons (Fsp3) is 0.579. The lowest BCUT2D eigenvalue weighted by atomic mass is 10.0. The number of methoxy groups -OCH3 is 1. The molecule has 1 atom stereocenters. The molecule has 6 nitrogen and oxygen atoms in total. The number of rotatable bonds is 7. The normalized spacial score (nSPS) is 16.4. The number of hydrogen-bond acceptors (Lipinski definition) is 4. The zero-order valence-electron chi connectivity index (χ0n) is 15.2. The minimum Gasteiger partial charge on any atom is -0.496 e. The van der Waals surface area contributed by atoms with Crippen molar-refractivity contribution in [2.45, 2.75) is 51.1 Å². The number of ether oxygens (including phenoxy) is 1. The van der Waals surface area contributed by atoms with Crippen LogP contribution in [0.15, 0.2) is 24.3 Å². The van der Waals surface area contributed by atoms with E-state index in [2.05, 4.69) is 5.32 Å². The zero-order valence-corrected chi connectivity index (χ0v) is 15.2. The van der Waals surface area contributed by atoms with Gasteiger partial charge in [-0.15, -0.1) is 0 Å². The van der Waals surface area contributed by atoms with Crippen molar-refractivity contribution in [1.29, 1.82) is 0 Å². The summed E-state index contributed by atoms with van der Waals surface area (Å²) in [5, 5.41) is 3.05. The van der Waals surface area contributed by atoms with E-state index in [4.69, 9.17) is 10.5 Å². The average Bonchev–Trinajstić information content (AvgIpc) is 2.61. The van der Waals surface area contributed by atoms with Gasteiger partial charge in [-0.05, 0) is 32.3 Å². The second kappa shape index (κ2) is 9.42. The van der Waals surface area contributed by atoms with Crippen LogP contribution in [-0.2, 0) is 16.0 Å². The summed E-state index contributed by atoms with van der Waals surface area (Å²) in [7, 11) is 1.61. The molecule has 1 aliphatic rings. The highest BCUT2D eigenvalue weighted by atomic mass is 16.5. The second-order valence-electron chi connectivity index (χ2n) is 6.73. The van der Waals surface area contributed by atoms with E-state index in [0.717, 1.165) is 24.2 Å². The second-order valence-corrected chi connectivity index (χ2v) is 6.73. The summed E-state index contributed by atoms with van der Waals surface area (Å²) in [6.07, 6.45) is 3.09. The molecule has 0 aromatic heterocycles. The van der Waals surface area contributed by atoms with E-state index in [9.17, 15) is 9.59 Å². The molecule has 2 amide bonds. The van der Waals surface area contributed by atoms with Gasteiger partial charge in [0.15, 0.2) is 0 Å². The van der Waals surface area contributed by atoms with Crippen molar-refractivity contribution in [3.63, 3.8) is 0 Å². The fourth-order valence-corrected chi connectivity index (χ4v) is 3.06. The molecule has 0 saturated carbocycles. The summed E-state index contributed by atoms with van der Waals surface area (Å²) in [6.45, 7) is 3.25. The van der Waals surface area contributed by atoms with Gasteiger partial charge in [0.1, 0.15) is 5.75 Å². The number of piperidine rings is 1. The highest BCUT2D eigenvalue weighted by Gasteiger charge is 2.24. The predicted molar refractivity (Wildman–Crippen MR) is 97.3 cm³/mol. The first kappa shape index (κ1) is 19.2. The van der Waals surface area contributed by atoms with Crippen LogP contribution in [-0.4, -0.2) is 49.0 Å². The van der Waals surface area contributed by atoms with Gasteiger partial charge in [-0.2, -0.15) is 0 Å². The first-order valence-corrected chi connectivity index (χ1v) is 8.94. The van der Waals surface area contributed by atoms with E-state index < -0.39 is 0 Å². The van der Waals surface area contributed by atoms with E-state index in [1.54, 1.807) is 7.11 Å². The van der Waals surface area contributed by atoms with Crippen LogP contribution in [0.5, 0.6) is 5.75 Å². The van der Waals surface area contributed by atoms with Gasteiger partial charge in [0, 0.05) is 37.2 Å². The molecule has 1 aromatic rings. The third kappa shape index (κ3) is 6.05. The zero-order chi connectivity index (χ0) is 18.2. The van der Waals surface area contributed by atoms with E-state index in [1.165, 1.54) is 0 Å². The van der Waals surface area contributed by atoms with Gasteiger partial charge < -0.3 is 20.7 Å². The highest BCUT2D eigenvalue weighted by Crippen LogP contribution is 2.20. The van der Waals surface area contributed by atoms with Crippen LogP contribution in [0.25, 0.3) is 0 Å². The van der Waals surface area contributed by atoms with Crippen molar-refractivity contribution < 1.29 is 14.3 Å². The minimum atomic E-state index is 0.0418. The fourth-order valence-electron chi connectivity index (χ4n) is 3.06. The Morgan fingerprint density at radius 3 is 2.64 bits per heavy atom. The molecule has 0 aliphatic carbocycles. The third-order valence-electron chi connectivity index (χ3n) is 4.57. The van der Waals surface area contributed by atoms with Crippen LogP contribution in [0.3, 0.4) is 0 Å². The number of carbonyl (C=O) groups excluding carboxylic acids is 2. The van der Waals surface area contributed by atoms with Crippen molar-refractivity contribution in [2.75, 3.05) is 20.2 Å². The van der Waals surface area contributed by atoms with E-state index >= 15 is 0 Å². The summed E-state index contributed by atoms with van der Waals surface area (Å²) in [4.78, 5) is 26.3. The Labute approximate surface area is 149 Å². The van der Waals surface area contributed by atoms with Gasteiger partial charge in [-0.25, -0.2) is 0 Å². The van der Waals surface area contributed by atoms with Crippen LogP contribution in [0.2, 0.25) is 0 Å². The van der Waals surface area contributed by atoms with Crippen molar-refractivity contribution in [2.24, 2.45) is 5.73 Å². The largest absolute Gasteiger partial charge is 0.496 e. The van der Waals surface area contributed by atoms with Crippen LogP contribution in [0.1, 0.15) is 38.2 Å². The Hall–Kier alpha value is -2.08. The molecule has 1 aromatic carbocycles. The molecule has 3 N–H and O–H groups in total. The Bertz CT molecular complexity index is 581. The van der Waals surface area contributed by atoms with Crippen molar-refractivity contribution in [3.05, 3.63) is 29.8 Å². The monoisotopic (exact) mass is 347 g/mol. The first-order chi connectivity index (χ1) is 12.0. The van der Waals surface area contributed by atoms with Crippen molar-refractivity contribution in [3.8, 4) is 5.75 Å². The Kier molecular flexibility index (Phi) is 7.25. The summed E-state index contributed by atoms with van der Waals surface area (Å²) in [5.74, 6) is 0.898. The third-order valence-corrected chi connectivity index (χ3v) is 4.57. The maximum absolute atomic E-state index is 12.5. The number of carbonyl (C=O) groups is 2.